The molecule has 0 aliphatic rings. The molecule has 0 spiro atoms. The topological polar surface area (TPSA) is 46.5 Å². The molecule has 0 amide bonds. The number of hydrogen-bond donors (Lipinski definition) is 1. The number of alkyl halides is 2. The molecular formula is C12H13ClF2O3. The molecule has 6 heteroatoms. The van der Waals surface area contributed by atoms with Gasteiger partial charge in [-0.3, -0.25) is 4.79 Å². The van der Waals surface area contributed by atoms with Crippen LogP contribution in [0.25, 0.3) is 0 Å². The smallest absolute Gasteiger partial charge is 0.303 e. The predicted molar refractivity (Wildman–Crippen MR) is 63.4 cm³/mol. The fraction of sp³-hybridized carbons (Fsp3) is 0.417. The van der Waals surface area contributed by atoms with E-state index in [1.807, 2.05) is 0 Å². The number of ether oxygens (including phenoxy) is 1. The maximum Gasteiger partial charge on any atom is 0.303 e. The first-order valence-corrected chi connectivity index (χ1v) is 5.68. The van der Waals surface area contributed by atoms with E-state index < -0.39 is 18.3 Å². The van der Waals surface area contributed by atoms with E-state index in [1.165, 1.54) is 25.3 Å². The molecule has 1 aromatic rings. The van der Waals surface area contributed by atoms with Crippen molar-refractivity contribution >= 4 is 17.6 Å². The number of hydrogen-bond acceptors (Lipinski definition) is 2. The number of methoxy groups -OCH3 is 1. The molecule has 0 aromatic heterocycles. The van der Waals surface area contributed by atoms with Crippen molar-refractivity contribution in [3.8, 4) is 5.75 Å². The van der Waals surface area contributed by atoms with Crippen molar-refractivity contribution in [2.75, 3.05) is 7.11 Å². The van der Waals surface area contributed by atoms with E-state index in [-0.39, 0.29) is 23.4 Å². The zero-order valence-electron chi connectivity index (χ0n) is 9.75. The summed E-state index contributed by atoms with van der Waals surface area (Å²) in [7, 11) is 1.41. The molecule has 0 aliphatic heterocycles. The summed E-state index contributed by atoms with van der Waals surface area (Å²) in [6, 6.07) is 3.90. The normalized spacial score (nSPS) is 11.3. The van der Waals surface area contributed by atoms with Crippen LogP contribution >= 0.6 is 11.6 Å². The zero-order valence-corrected chi connectivity index (χ0v) is 10.5. The molecule has 0 atom stereocenters. The highest BCUT2D eigenvalue weighted by molar-refractivity contribution is 6.31. The van der Waals surface area contributed by atoms with Crippen molar-refractivity contribution in [1.82, 2.24) is 0 Å². The Bertz CT molecular complexity index is 435. The summed E-state index contributed by atoms with van der Waals surface area (Å²) >= 11 is 5.76. The first kappa shape index (κ1) is 14.7. The van der Waals surface area contributed by atoms with Crippen molar-refractivity contribution < 1.29 is 23.4 Å². The third-order valence-electron chi connectivity index (χ3n) is 2.45. The largest absolute Gasteiger partial charge is 0.497 e. The molecule has 3 nitrogen and oxygen atoms in total. The van der Waals surface area contributed by atoms with Crippen molar-refractivity contribution in [2.45, 2.75) is 25.2 Å². The third-order valence-corrected chi connectivity index (χ3v) is 2.76. The maximum absolute atomic E-state index is 13.8. The Hall–Kier alpha value is -1.36. The summed E-state index contributed by atoms with van der Waals surface area (Å²) in [5.41, 5.74) is -0.310. The Morgan fingerprint density at radius 3 is 2.67 bits per heavy atom. The van der Waals surface area contributed by atoms with E-state index in [2.05, 4.69) is 0 Å². The molecule has 0 saturated carbocycles. The summed E-state index contributed by atoms with van der Waals surface area (Å²) in [4.78, 5) is 10.3. The second-order valence-electron chi connectivity index (χ2n) is 3.80. The van der Waals surface area contributed by atoms with Crippen LogP contribution in [0.4, 0.5) is 8.78 Å². The fourth-order valence-electron chi connectivity index (χ4n) is 1.52. The van der Waals surface area contributed by atoms with Crippen molar-refractivity contribution in [3.63, 3.8) is 0 Å². The summed E-state index contributed by atoms with van der Waals surface area (Å²) < 4.78 is 32.4. The number of aliphatic carboxylic acids is 1. The summed E-state index contributed by atoms with van der Waals surface area (Å²) in [5.74, 6) is -3.84. The average molecular weight is 279 g/mol. The number of carboxylic acids is 1. The quantitative estimate of drug-likeness (QED) is 0.863. The SMILES string of the molecule is COc1ccc(C(F)(F)CCCC(=O)O)c(Cl)c1. The summed E-state index contributed by atoms with van der Waals surface area (Å²) in [6.07, 6.45) is -0.945. The van der Waals surface area contributed by atoms with Crippen LogP contribution in [0.2, 0.25) is 5.02 Å². The van der Waals surface area contributed by atoms with Gasteiger partial charge in [0.1, 0.15) is 5.75 Å². The van der Waals surface area contributed by atoms with E-state index >= 15 is 0 Å². The molecule has 0 radical (unpaired) electrons. The fourth-order valence-corrected chi connectivity index (χ4v) is 1.82. The minimum atomic E-state index is -3.14. The minimum Gasteiger partial charge on any atom is -0.497 e. The van der Waals surface area contributed by atoms with Crippen LogP contribution < -0.4 is 4.74 Å². The average Bonchev–Trinajstić information content (AvgIpc) is 2.27. The molecule has 100 valence electrons. The van der Waals surface area contributed by atoms with Gasteiger partial charge in [0.25, 0.3) is 5.92 Å². The summed E-state index contributed by atoms with van der Waals surface area (Å²) in [6.45, 7) is 0. The predicted octanol–water partition coefficient (Wildman–Crippen LogP) is 3.70. The van der Waals surface area contributed by atoms with Crippen LogP contribution in [-0.2, 0) is 10.7 Å². The van der Waals surface area contributed by atoms with E-state index in [1.54, 1.807) is 0 Å². The van der Waals surface area contributed by atoms with Gasteiger partial charge < -0.3 is 9.84 Å². The Morgan fingerprint density at radius 2 is 2.17 bits per heavy atom. The highest BCUT2D eigenvalue weighted by Gasteiger charge is 2.33. The van der Waals surface area contributed by atoms with Crippen LogP contribution in [-0.4, -0.2) is 18.2 Å². The zero-order chi connectivity index (χ0) is 13.8. The lowest BCUT2D eigenvalue weighted by Crippen LogP contribution is -2.14. The second kappa shape index (κ2) is 6.00. The van der Waals surface area contributed by atoms with Gasteiger partial charge in [0, 0.05) is 18.4 Å². The van der Waals surface area contributed by atoms with Crippen LogP contribution in [0.15, 0.2) is 18.2 Å². The Morgan fingerprint density at radius 1 is 1.50 bits per heavy atom. The first-order chi connectivity index (χ1) is 8.36. The van der Waals surface area contributed by atoms with Gasteiger partial charge in [-0.15, -0.1) is 0 Å². The van der Waals surface area contributed by atoms with Gasteiger partial charge in [0.05, 0.1) is 12.1 Å². The molecular weight excluding hydrogens is 266 g/mol. The maximum atomic E-state index is 13.8. The molecule has 0 heterocycles. The van der Waals surface area contributed by atoms with Gasteiger partial charge in [0.2, 0.25) is 0 Å². The van der Waals surface area contributed by atoms with Crippen LogP contribution in [0.3, 0.4) is 0 Å². The Labute approximate surface area is 108 Å². The second-order valence-corrected chi connectivity index (χ2v) is 4.20. The van der Waals surface area contributed by atoms with Gasteiger partial charge in [-0.2, -0.15) is 0 Å². The monoisotopic (exact) mass is 278 g/mol. The first-order valence-electron chi connectivity index (χ1n) is 5.30. The Kier molecular flexibility index (Phi) is 4.90. The molecule has 0 unspecified atom stereocenters. The number of halogens is 3. The van der Waals surface area contributed by atoms with E-state index in [0.717, 1.165) is 0 Å². The molecule has 0 bridgehead atoms. The standard InChI is InChI=1S/C12H13ClF2O3/c1-18-8-4-5-9(10(13)7-8)12(14,15)6-2-3-11(16)17/h4-5,7H,2-3,6H2,1H3,(H,16,17). The van der Waals surface area contributed by atoms with Gasteiger partial charge in [0.15, 0.2) is 0 Å². The highest BCUT2D eigenvalue weighted by Crippen LogP contribution is 2.38. The lowest BCUT2D eigenvalue weighted by Gasteiger charge is -2.18. The molecule has 0 saturated heterocycles. The van der Waals surface area contributed by atoms with Crippen LogP contribution in [0.1, 0.15) is 24.8 Å². The van der Waals surface area contributed by atoms with Gasteiger partial charge >= 0.3 is 5.97 Å². The van der Waals surface area contributed by atoms with E-state index in [0.29, 0.717) is 5.75 Å². The van der Waals surface area contributed by atoms with Gasteiger partial charge in [-0.25, -0.2) is 8.78 Å². The van der Waals surface area contributed by atoms with Crippen LogP contribution in [0, 0.1) is 0 Å². The van der Waals surface area contributed by atoms with Gasteiger partial charge in [-0.05, 0) is 24.6 Å². The highest BCUT2D eigenvalue weighted by atomic mass is 35.5. The number of carboxylic acid groups (broad SMARTS) is 1. The molecule has 1 N–H and O–H groups in total. The number of rotatable bonds is 6. The molecule has 0 fully saturated rings. The minimum absolute atomic E-state index is 0.0883. The third kappa shape index (κ3) is 3.84. The van der Waals surface area contributed by atoms with E-state index in [9.17, 15) is 13.6 Å². The Balaban J connectivity index is 2.80. The molecule has 1 aromatic carbocycles. The summed E-state index contributed by atoms with van der Waals surface area (Å²) in [5, 5.41) is 8.33. The molecule has 1 rings (SSSR count). The molecule has 18 heavy (non-hydrogen) atoms. The van der Waals surface area contributed by atoms with Gasteiger partial charge in [-0.1, -0.05) is 11.6 Å². The molecule has 0 aliphatic carbocycles. The van der Waals surface area contributed by atoms with Crippen LogP contribution in [0.5, 0.6) is 5.75 Å². The van der Waals surface area contributed by atoms with Crippen molar-refractivity contribution in [1.29, 1.82) is 0 Å². The number of carbonyl (C=O) groups is 1. The lowest BCUT2D eigenvalue weighted by molar-refractivity contribution is -0.137. The van der Waals surface area contributed by atoms with Crippen molar-refractivity contribution in [2.24, 2.45) is 0 Å². The lowest BCUT2D eigenvalue weighted by atomic mass is 10.0. The van der Waals surface area contributed by atoms with Crippen molar-refractivity contribution in [3.05, 3.63) is 28.8 Å². The number of benzene rings is 1. The van der Waals surface area contributed by atoms with E-state index in [4.69, 9.17) is 21.4 Å².